The Morgan fingerprint density at radius 3 is 2.47 bits per heavy atom. The number of aliphatic hydroxyl groups excluding tert-OH is 2. The molecule has 2 aliphatic rings. The minimum Gasteiger partial charge on any atom is -0.466 e. The van der Waals surface area contributed by atoms with Crippen LogP contribution in [0.15, 0.2) is 30.3 Å². The Labute approximate surface area is 189 Å². The highest BCUT2D eigenvalue weighted by Crippen LogP contribution is 2.34. The molecule has 2 N–H and O–H groups in total. The van der Waals surface area contributed by atoms with Gasteiger partial charge >= 0.3 is 5.97 Å². The standard InChI is InChI=1S/C24H36O8/c1-2-28-19(25)14-10-5-3-4-6-11-15-29-24-21(27)20(26)22-18(31-24)16-30-23(32-22)17-12-8-7-9-13-17/h7-9,12-13,18,20-24,26-27H,2-6,10-11,14-16H2,1H3/t18-,20-,21+,22-,23-,24+/m1/s1. The van der Waals surface area contributed by atoms with Gasteiger partial charge in [-0.15, -0.1) is 0 Å². The highest BCUT2D eigenvalue weighted by molar-refractivity contribution is 5.69. The molecule has 0 bridgehead atoms. The predicted molar refractivity (Wildman–Crippen MR) is 116 cm³/mol. The highest BCUT2D eigenvalue weighted by Gasteiger charge is 2.49. The van der Waals surface area contributed by atoms with Gasteiger partial charge in [0.2, 0.25) is 0 Å². The van der Waals surface area contributed by atoms with E-state index in [2.05, 4.69) is 0 Å². The summed E-state index contributed by atoms with van der Waals surface area (Å²) < 4.78 is 28.1. The second kappa shape index (κ2) is 13.2. The minimum atomic E-state index is -1.19. The van der Waals surface area contributed by atoms with Crippen molar-refractivity contribution in [2.45, 2.75) is 88.9 Å². The number of esters is 1. The molecule has 0 aromatic heterocycles. The Kier molecular flexibility index (Phi) is 10.4. The molecular weight excluding hydrogens is 416 g/mol. The van der Waals surface area contributed by atoms with E-state index >= 15 is 0 Å². The maximum absolute atomic E-state index is 11.3. The summed E-state index contributed by atoms with van der Waals surface area (Å²) in [6, 6.07) is 9.48. The van der Waals surface area contributed by atoms with Crippen molar-refractivity contribution in [1.29, 1.82) is 0 Å². The zero-order valence-corrected chi connectivity index (χ0v) is 18.8. The number of hydrogen-bond acceptors (Lipinski definition) is 8. The van der Waals surface area contributed by atoms with Crippen molar-refractivity contribution >= 4 is 5.97 Å². The van der Waals surface area contributed by atoms with Crippen LogP contribution >= 0.6 is 0 Å². The van der Waals surface area contributed by atoms with Gasteiger partial charge < -0.3 is 33.9 Å². The number of unbranched alkanes of at least 4 members (excludes halogenated alkanes) is 5. The fourth-order valence-electron chi connectivity index (χ4n) is 4.01. The Balaban J connectivity index is 1.30. The lowest BCUT2D eigenvalue weighted by Crippen LogP contribution is -2.62. The van der Waals surface area contributed by atoms with Crippen molar-refractivity contribution in [3.63, 3.8) is 0 Å². The second-order valence-corrected chi connectivity index (χ2v) is 8.25. The van der Waals surface area contributed by atoms with Crippen LogP contribution in [0.1, 0.15) is 63.7 Å². The number of aliphatic hydroxyl groups is 2. The lowest BCUT2D eigenvalue weighted by atomic mass is 9.98. The van der Waals surface area contributed by atoms with Crippen LogP contribution in [0.3, 0.4) is 0 Å². The number of carbonyl (C=O) groups excluding carboxylic acids is 1. The largest absolute Gasteiger partial charge is 0.466 e. The molecule has 0 unspecified atom stereocenters. The molecule has 32 heavy (non-hydrogen) atoms. The Bertz CT molecular complexity index is 667. The molecule has 2 heterocycles. The van der Waals surface area contributed by atoms with Crippen molar-refractivity contribution < 1.29 is 38.7 Å². The molecule has 0 amide bonds. The summed E-state index contributed by atoms with van der Waals surface area (Å²) in [5, 5.41) is 21.0. The summed E-state index contributed by atoms with van der Waals surface area (Å²) in [5.74, 6) is -0.124. The molecule has 2 saturated heterocycles. The first-order valence-corrected chi connectivity index (χ1v) is 11.7. The van der Waals surface area contributed by atoms with E-state index in [4.69, 9.17) is 23.7 Å². The summed E-state index contributed by atoms with van der Waals surface area (Å²) in [5.41, 5.74) is 0.854. The number of fused-ring (bicyclic) bond motifs is 1. The van der Waals surface area contributed by atoms with E-state index in [1.807, 2.05) is 37.3 Å². The van der Waals surface area contributed by atoms with Gasteiger partial charge in [-0.3, -0.25) is 4.79 Å². The van der Waals surface area contributed by atoms with Crippen LogP contribution in [0.5, 0.6) is 0 Å². The lowest BCUT2D eigenvalue weighted by Gasteiger charge is -2.46. The zero-order valence-electron chi connectivity index (χ0n) is 18.8. The van der Waals surface area contributed by atoms with Crippen LogP contribution in [0.4, 0.5) is 0 Å². The first-order chi connectivity index (χ1) is 15.6. The molecule has 2 aliphatic heterocycles. The summed E-state index contributed by atoms with van der Waals surface area (Å²) >= 11 is 0. The topological polar surface area (TPSA) is 104 Å². The van der Waals surface area contributed by atoms with Crippen molar-refractivity contribution in [1.82, 2.24) is 0 Å². The highest BCUT2D eigenvalue weighted by atomic mass is 16.8. The Morgan fingerprint density at radius 1 is 1.00 bits per heavy atom. The van der Waals surface area contributed by atoms with Crippen LogP contribution < -0.4 is 0 Å². The van der Waals surface area contributed by atoms with Crippen LogP contribution in [0.2, 0.25) is 0 Å². The first kappa shape index (κ1) is 25.1. The molecule has 0 aliphatic carbocycles. The van der Waals surface area contributed by atoms with Gasteiger partial charge in [0.15, 0.2) is 12.6 Å². The van der Waals surface area contributed by atoms with E-state index in [1.54, 1.807) is 0 Å². The Hall–Kier alpha value is -1.55. The van der Waals surface area contributed by atoms with E-state index in [9.17, 15) is 15.0 Å². The predicted octanol–water partition coefficient (Wildman–Crippen LogP) is 2.86. The number of benzene rings is 1. The molecule has 6 atom stereocenters. The van der Waals surface area contributed by atoms with Crippen LogP contribution in [0, 0.1) is 0 Å². The molecule has 0 spiro atoms. The van der Waals surface area contributed by atoms with E-state index in [0.29, 0.717) is 19.6 Å². The molecule has 2 fully saturated rings. The number of hydrogen-bond donors (Lipinski definition) is 2. The van der Waals surface area contributed by atoms with Crippen molar-refractivity contribution in [3.05, 3.63) is 35.9 Å². The van der Waals surface area contributed by atoms with E-state index in [-0.39, 0.29) is 12.6 Å². The van der Waals surface area contributed by atoms with Crippen molar-refractivity contribution in [3.8, 4) is 0 Å². The third-order valence-electron chi connectivity index (χ3n) is 5.77. The van der Waals surface area contributed by atoms with E-state index < -0.39 is 37.0 Å². The van der Waals surface area contributed by atoms with Gasteiger partial charge in [-0.2, -0.15) is 0 Å². The second-order valence-electron chi connectivity index (χ2n) is 8.25. The zero-order chi connectivity index (χ0) is 22.8. The molecule has 1 aromatic rings. The number of ether oxygens (including phenoxy) is 5. The SMILES string of the molecule is CCOC(=O)CCCCCCCCO[C@H]1O[C@@H]2CO[C@@H](c3ccccc3)O[C@H]2[C@H](O)[C@@H]1O. The first-order valence-electron chi connectivity index (χ1n) is 11.7. The van der Waals surface area contributed by atoms with Crippen molar-refractivity contribution in [2.24, 2.45) is 0 Å². The quantitative estimate of drug-likeness (QED) is 0.369. The van der Waals surface area contributed by atoms with Gasteiger partial charge in [0, 0.05) is 18.6 Å². The summed E-state index contributed by atoms with van der Waals surface area (Å²) in [6.07, 6.45) is 1.28. The maximum Gasteiger partial charge on any atom is 0.305 e. The van der Waals surface area contributed by atoms with Gasteiger partial charge in [0.25, 0.3) is 0 Å². The molecule has 0 saturated carbocycles. The van der Waals surface area contributed by atoms with Gasteiger partial charge in [-0.25, -0.2) is 0 Å². The fourth-order valence-corrected chi connectivity index (χ4v) is 4.01. The average Bonchev–Trinajstić information content (AvgIpc) is 2.81. The van der Waals surface area contributed by atoms with Gasteiger partial charge in [-0.05, 0) is 19.8 Å². The molecule has 3 rings (SSSR count). The third kappa shape index (κ3) is 7.23. The molecule has 1 aromatic carbocycles. The van der Waals surface area contributed by atoms with Crippen molar-refractivity contribution in [2.75, 3.05) is 19.8 Å². The molecule has 8 nitrogen and oxygen atoms in total. The third-order valence-corrected chi connectivity index (χ3v) is 5.77. The van der Waals surface area contributed by atoms with Crippen LogP contribution in [0.25, 0.3) is 0 Å². The fraction of sp³-hybridized carbons (Fsp3) is 0.708. The minimum absolute atomic E-state index is 0.124. The van der Waals surface area contributed by atoms with E-state index in [0.717, 1.165) is 44.1 Å². The monoisotopic (exact) mass is 452 g/mol. The summed E-state index contributed by atoms with van der Waals surface area (Å²) in [4.78, 5) is 11.3. The molecule has 180 valence electrons. The number of carbonyl (C=O) groups is 1. The molecule has 8 heteroatoms. The smallest absolute Gasteiger partial charge is 0.305 e. The van der Waals surface area contributed by atoms with Gasteiger partial charge in [0.1, 0.15) is 24.4 Å². The molecule has 0 radical (unpaired) electrons. The summed E-state index contributed by atoms with van der Waals surface area (Å²) in [6.45, 7) is 2.93. The van der Waals surface area contributed by atoms with Gasteiger partial charge in [-0.1, -0.05) is 56.0 Å². The summed E-state index contributed by atoms with van der Waals surface area (Å²) in [7, 11) is 0. The van der Waals surface area contributed by atoms with E-state index in [1.165, 1.54) is 0 Å². The van der Waals surface area contributed by atoms with Crippen LogP contribution in [-0.2, 0) is 28.5 Å². The van der Waals surface area contributed by atoms with Gasteiger partial charge in [0.05, 0.1) is 13.2 Å². The Morgan fingerprint density at radius 2 is 1.72 bits per heavy atom. The lowest BCUT2D eigenvalue weighted by molar-refractivity contribution is -0.361. The molecular formula is C24H36O8. The number of rotatable bonds is 12. The normalized spacial score (nSPS) is 30.0. The van der Waals surface area contributed by atoms with Crippen LogP contribution in [-0.4, -0.2) is 66.7 Å². The average molecular weight is 453 g/mol. The maximum atomic E-state index is 11.3.